The zero-order valence-electron chi connectivity index (χ0n) is 23.0. The first-order valence-corrected chi connectivity index (χ1v) is 13.3. The molecule has 0 atom stereocenters. The van der Waals surface area contributed by atoms with Crippen LogP contribution >= 0.6 is 0 Å². The zero-order chi connectivity index (χ0) is 27.4. The minimum Gasteiger partial charge on any atom is -0.478 e. The van der Waals surface area contributed by atoms with Crippen LogP contribution in [0, 0.1) is 6.92 Å². The number of hydrogen-bond acceptors (Lipinski definition) is 3. The van der Waals surface area contributed by atoms with E-state index in [4.69, 9.17) is 0 Å². The van der Waals surface area contributed by atoms with Crippen LogP contribution in [0.4, 0.5) is 0 Å². The minimum atomic E-state index is -0.910. The predicted molar refractivity (Wildman–Crippen MR) is 152 cm³/mol. The van der Waals surface area contributed by atoms with Gasteiger partial charge in [-0.15, -0.1) is 0 Å². The number of benzene rings is 3. The van der Waals surface area contributed by atoms with Crippen molar-refractivity contribution in [2.24, 2.45) is 0 Å². The van der Waals surface area contributed by atoms with Crippen LogP contribution in [0.3, 0.4) is 0 Å². The second-order valence-electron chi connectivity index (χ2n) is 10.9. The molecule has 38 heavy (non-hydrogen) atoms. The van der Waals surface area contributed by atoms with Gasteiger partial charge < -0.3 is 5.11 Å². The van der Waals surface area contributed by atoms with Crippen molar-refractivity contribution in [2.75, 3.05) is 0 Å². The molecule has 4 aromatic rings. The fraction of sp³-hybridized carbons (Fsp3) is 0.344. The number of hydrogen-bond donors (Lipinski definition) is 1. The molecule has 198 valence electrons. The van der Waals surface area contributed by atoms with Gasteiger partial charge >= 0.3 is 11.7 Å². The van der Waals surface area contributed by atoms with Gasteiger partial charge in [-0.25, -0.2) is 14.3 Å². The monoisotopic (exact) mass is 511 g/mol. The van der Waals surface area contributed by atoms with Crippen molar-refractivity contribution in [2.45, 2.75) is 72.4 Å². The molecular formula is C32H37N3O3. The van der Waals surface area contributed by atoms with E-state index in [0.717, 1.165) is 47.3 Å². The predicted octanol–water partition coefficient (Wildman–Crippen LogP) is 6.26. The van der Waals surface area contributed by atoms with Gasteiger partial charge in [-0.2, -0.15) is 5.10 Å². The van der Waals surface area contributed by atoms with Gasteiger partial charge in [-0.3, -0.25) is 4.57 Å². The number of carbonyl (C=O) groups is 1. The molecule has 0 fully saturated rings. The summed E-state index contributed by atoms with van der Waals surface area (Å²) >= 11 is 0. The molecule has 0 aliphatic carbocycles. The Labute approximate surface area is 224 Å². The maximum absolute atomic E-state index is 13.0. The molecule has 0 saturated carbocycles. The van der Waals surface area contributed by atoms with Crippen molar-refractivity contribution in [1.82, 2.24) is 14.3 Å². The quantitative estimate of drug-likeness (QED) is 0.288. The van der Waals surface area contributed by atoms with E-state index in [1.807, 2.05) is 38.1 Å². The summed E-state index contributed by atoms with van der Waals surface area (Å²) in [6.07, 6.45) is 2.47. The Bertz CT molecular complexity index is 1470. The van der Waals surface area contributed by atoms with Gasteiger partial charge in [0.25, 0.3) is 0 Å². The van der Waals surface area contributed by atoms with E-state index in [0.29, 0.717) is 18.7 Å². The zero-order valence-corrected chi connectivity index (χ0v) is 23.0. The number of aromatic carboxylic acids is 1. The third kappa shape index (κ3) is 6.13. The Morgan fingerprint density at radius 3 is 2.13 bits per heavy atom. The first-order valence-electron chi connectivity index (χ1n) is 13.3. The summed E-state index contributed by atoms with van der Waals surface area (Å²) in [7, 11) is 0. The van der Waals surface area contributed by atoms with Crippen LogP contribution in [-0.2, 0) is 31.3 Å². The molecule has 0 unspecified atom stereocenters. The van der Waals surface area contributed by atoms with Crippen LogP contribution in [-0.4, -0.2) is 25.4 Å². The molecule has 3 aromatic carbocycles. The molecule has 4 rings (SSSR count). The Kier molecular flexibility index (Phi) is 8.00. The Morgan fingerprint density at radius 1 is 0.895 bits per heavy atom. The summed E-state index contributed by atoms with van der Waals surface area (Å²) in [5.41, 5.74) is 6.53. The fourth-order valence-electron chi connectivity index (χ4n) is 4.72. The lowest BCUT2D eigenvalue weighted by molar-refractivity contribution is 0.0696. The lowest BCUT2D eigenvalue weighted by Crippen LogP contribution is -2.25. The second-order valence-corrected chi connectivity index (χ2v) is 10.9. The van der Waals surface area contributed by atoms with Crippen molar-refractivity contribution in [1.29, 1.82) is 0 Å². The summed E-state index contributed by atoms with van der Waals surface area (Å²) in [6.45, 7) is 11.4. The summed E-state index contributed by atoms with van der Waals surface area (Å²) in [4.78, 5) is 24.4. The topological polar surface area (TPSA) is 77.1 Å². The highest BCUT2D eigenvalue weighted by Gasteiger charge is 2.15. The van der Waals surface area contributed by atoms with Crippen molar-refractivity contribution in [3.05, 3.63) is 111 Å². The van der Waals surface area contributed by atoms with E-state index in [-0.39, 0.29) is 11.1 Å². The largest absolute Gasteiger partial charge is 0.478 e. The van der Waals surface area contributed by atoms with Gasteiger partial charge in [-0.05, 0) is 71.6 Å². The van der Waals surface area contributed by atoms with Gasteiger partial charge in [-0.1, -0.05) is 81.4 Å². The van der Waals surface area contributed by atoms with Crippen LogP contribution in [0.15, 0.2) is 71.5 Å². The smallest absolute Gasteiger partial charge is 0.346 e. The van der Waals surface area contributed by atoms with Crippen LogP contribution in [0.5, 0.6) is 0 Å². The Hall–Kier alpha value is -3.93. The van der Waals surface area contributed by atoms with E-state index >= 15 is 0 Å². The summed E-state index contributed by atoms with van der Waals surface area (Å²) in [5, 5.41) is 14.1. The molecule has 0 radical (unpaired) electrons. The highest BCUT2D eigenvalue weighted by atomic mass is 16.4. The average Bonchev–Trinajstić information content (AvgIpc) is 3.18. The first kappa shape index (κ1) is 27.1. The average molecular weight is 512 g/mol. The van der Waals surface area contributed by atoms with Crippen LogP contribution in [0.25, 0.3) is 11.1 Å². The van der Waals surface area contributed by atoms with Gasteiger partial charge in [0, 0.05) is 13.0 Å². The van der Waals surface area contributed by atoms with Crippen molar-refractivity contribution in [3.63, 3.8) is 0 Å². The number of nitrogens with zero attached hydrogens (tertiary/aromatic N) is 3. The third-order valence-corrected chi connectivity index (χ3v) is 7.09. The number of carboxylic acid groups (broad SMARTS) is 1. The molecule has 0 aliphatic heterocycles. The molecule has 0 spiro atoms. The molecule has 0 saturated heterocycles. The molecule has 6 heteroatoms. The number of aryl methyl sites for hydroxylation is 3. The molecule has 0 amide bonds. The Balaban J connectivity index is 1.40. The number of aromatic nitrogens is 3. The van der Waals surface area contributed by atoms with Gasteiger partial charge in [0.2, 0.25) is 0 Å². The standard InChI is InChI=1S/C32H37N3O3/c1-6-34-29(33-35(31(34)38)21-24-13-18-27(19-14-24)32(3,4)5)9-7-8-23-11-16-25(17-12-23)26-15-10-22(2)28(20-26)30(36)37/h10-20H,6-9,21H2,1-5H3,(H,36,37). The Morgan fingerprint density at radius 2 is 1.53 bits per heavy atom. The van der Waals surface area contributed by atoms with Crippen molar-refractivity contribution < 1.29 is 9.90 Å². The van der Waals surface area contributed by atoms with E-state index < -0.39 is 5.97 Å². The first-order chi connectivity index (χ1) is 18.1. The molecule has 1 heterocycles. The van der Waals surface area contributed by atoms with Crippen LogP contribution in [0.1, 0.15) is 72.6 Å². The van der Waals surface area contributed by atoms with E-state index in [9.17, 15) is 14.7 Å². The molecule has 1 N–H and O–H groups in total. The van der Waals surface area contributed by atoms with Crippen molar-refractivity contribution >= 4 is 5.97 Å². The lowest BCUT2D eigenvalue weighted by Gasteiger charge is -2.19. The molecular weight excluding hydrogens is 474 g/mol. The fourth-order valence-corrected chi connectivity index (χ4v) is 4.72. The second kappa shape index (κ2) is 11.2. The summed E-state index contributed by atoms with van der Waals surface area (Å²) in [5.74, 6) is -0.0892. The SMILES string of the molecule is CCn1c(CCCc2ccc(-c3ccc(C)c(C(=O)O)c3)cc2)nn(Cc2ccc(C(C)(C)C)cc2)c1=O. The van der Waals surface area contributed by atoms with Crippen molar-refractivity contribution in [3.8, 4) is 11.1 Å². The highest BCUT2D eigenvalue weighted by Crippen LogP contribution is 2.24. The van der Waals surface area contributed by atoms with Crippen LogP contribution < -0.4 is 5.69 Å². The molecule has 0 aliphatic rings. The molecule has 0 bridgehead atoms. The van der Waals surface area contributed by atoms with E-state index in [1.54, 1.807) is 15.3 Å². The van der Waals surface area contributed by atoms with E-state index in [1.165, 1.54) is 11.1 Å². The van der Waals surface area contributed by atoms with Gasteiger partial charge in [0.15, 0.2) is 0 Å². The van der Waals surface area contributed by atoms with Crippen LogP contribution in [0.2, 0.25) is 0 Å². The molecule has 1 aromatic heterocycles. The number of carboxylic acids is 1. The van der Waals surface area contributed by atoms with Gasteiger partial charge in [0.1, 0.15) is 5.82 Å². The van der Waals surface area contributed by atoms with E-state index in [2.05, 4.69) is 62.3 Å². The lowest BCUT2D eigenvalue weighted by atomic mass is 9.87. The third-order valence-electron chi connectivity index (χ3n) is 7.09. The molecule has 6 nitrogen and oxygen atoms in total. The minimum absolute atomic E-state index is 0.0643. The van der Waals surface area contributed by atoms with Gasteiger partial charge in [0.05, 0.1) is 12.1 Å². The maximum atomic E-state index is 13.0. The highest BCUT2D eigenvalue weighted by molar-refractivity contribution is 5.91. The number of rotatable bonds is 9. The summed E-state index contributed by atoms with van der Waals surface area (Å²) in [6, 6.07) is 22.2. The summed E-state index contributed by atoms with van der Waals surface area (Å²) < 4.78 is 3.34. The normalized spacial score (nSPS) is 11.6. The maximum Gasteiger partial charge on any atom is 0.346 e.